The zero-order chi connectivity index (χ0) is 20.7. The summed E-state index contributed by atoms with van der Waals surface area (Å²) in [5.74, 6) is 2.51. The van der Waals surface area contributed by atoms with E-state index in [1.165, 1.54) is 0 Å². The first-order valence-corrected chi connectivity index (χ1v) is 10.1. The van der Waals surface area contributed by atoms with Gasteiger partial charge in [0.1, 0.15) is 11.5 Å². The number of fused-ring (bicyclic) bond motifs is 1. The highest BCUT2D eigenvalue weighted by Crippen LogP contribution is 2.31. The number of nitrogens with zero attached hydrogens (tertiary/aromatic N) is 2. The van der Waals surface area contributed by atoms with Crippen LogP contribution in [0.5, 0.6) is 5.75 Å². The van der Waals surface area contributed by atoms with Crippen molar-refractivity contribution in [3.63, 3.8) is 0 Å². The first kappa shape index (κ1) is 21.2. The lowest BCUT2D eigenvalue weighted by molar-refractivity contribution is 0.0423. The number of benzene rings is 1. The van der Waals surface area contributed by atoms with E-state index in [-0.39, 0.29) is 6.04 Å². The molecule has 0 spiro atoms. The molecule has 3 rings (SSSR count). The van der Waals surface area contributed by atoms with Crippen LogP contribution in [0.2, 0.25) is 0 Å². The number of furan rings is 1. The Bertz CT molecular complexity index is 787. The molecule has 7 heteroatoms. The van der Waals surface area contributed by atoms with Gasteiger partial charge in [0.05, 0.1) is 31.1 Å². The van der Waals surface area contributed by atoms with Gasteiger partial charge >= 0.3 is 0 Å². The van der Waals surface area contributed by atoms with E-state index in [1.54, 1.807) is 13.2 Å². The monoisotopic (exact) mass is 400 g/mol. The van der Waals surface area contributed by atoms with Crippen molar-refractivity contribution in [3.05, 3.63) is 54.0 Å². The van der Waals surface area contributed by atoms with Crippen LogP contribution in [0.4, 0.5) is 0 Å². The Kier molecular flexibility index (Phi) is 7.17. The van der Waals surface area contributed by atoms with Crippen molar-refractivity contribution < 1.29 is 14.3 Å². The van der Waals surface area contributed by atoms with Crippen molar-refractivity contribution in [2.75, 3.05) is 40.3 Å². The summed E-state index contributed by atoms with van der Waals surface area (Å²) < 4.78 is 11.2. The van der Waals surface area contributed by atoms with Crippen molar-refractivity contribution in [2.45, 2.75) is 31.4 Å². The minimum atomic E-state index is -0.910. The van der Waals surface area contributed by atoms with E-state index >= 15 is 0 Å². The normalized spacial score (nSPS) is 18.7. The van der Waals surface area contributed by atoms with Crippen molar-refractivity contribution in [2.24, 2.45) is 4.99 Å². The average molecular weight is 401 g/mol. The molecule has 0 saturated carbocycles. The highest BCUT2D eigenvalue weighted by Gasteiger charge is 2.24. The molecular weight excluding hydrogens is 368 g/mol. The molecule has 2 atom stereocenters. The Morgan fingerprint density at radius 3 is 2.86 bits per heavy atom. The maximum atomic E-state index is 10.6. The first-order valence-electron chi connectivity index (χ1n) is 10.1. The predicted molar refractivity (Wildman–Crippen MR) is 114 cm³/mol. The number of ether oxygens (including phenoxy) is 1. The molecule has 2 heterocycles. The summed E-state index contributed by atoms with van der Waals surface area (Å²) >= 11 is 0. The summed E-state index contributed by atoms with van der Waals surface area (Å²) in [6.07, 6.45) is 3.29. The maximum Gasteiger partial charge on any atom is 0.191 e. The van der Waals surface area contributed by atoms with Gasteiger partial charge in [0, 0.05) is 31.5 Å². The van der Waals surface area contributed by atoms with E-state index in [4.69, 9.17) is 9.15 Å². The summed E-state index contributed by atoms with van der Waals surface area (Å²) in [5.41, 5.74) is 0.214. The summed E-state index contributed by atoms with van der Waals surface area (Å²) in [6.45, 7) is 3.98. The van der Waals surface area contributed by atoms with Crippen LogP contribution in [0, 0.1) is 0 Å². The van der Waals surface area contributed by atoms with Crippen LogP contribution in [-0.2, 0) is 6.42 Å². The third kappa shape index (κ3) is 6.51. The molecule has 0 amide bonds. The van der Waals surface area contributed by atoms with E-state index in [0.717, 1.165) is 29.9 Å². The third-order valence-corrected chi connectivity index (χ3v) is 4.75. The van der Waals surface area contributed by atoms with Crippen molar-refractivity contribution in [3.8, 4) is 5.75 Å². The third-order valence-electron chi connectivity index (χ3n) is 4.75. The molecule has 1 aromatic heterocycles. The topological polar surface area (TPSA) is 82.3 Å². The number of para-hydroxylation sites is 1. The van der Waals surface area contributed by atoms with Crippen LogP contribution in [-0.4, -0.2) is 61.9 Å². The summed E-state index contributed by atoms with van der Waals surface area (Å²) in [5, 5.41) is 17.5. The number of aliphatic imine (C=N–C) groups is 1. The van der Waals surface area contributed by atoms with E-state index in [2.05, 4.69) is 21.7 Å². The second kappa shape index (κ2) is 9.80. The average Bonchev–Trinajstić information content (AvgIpc) is 3.19. The molecule has 1 aromatic carbocycles. The Balaban J connectivity index is 1.69. The Labute approximate surface area is 172 Å². The fraction of sp³-hybridized carbons (Fsp3) is 0.500. The number of aliphatic hydroxyl groups is 1. The Morgan fingerprint density at radius 2 is 2.10 bits per heavy atom. The summed E-state index contributed by atoms with van der Waals surface area (Å²) in [7, 11) is 3.88. The zero-order valence-electron chi connectivity index (χ0n) is 17.5. The smallest absolute Gasteiger partial charge is 0.191 e. The standard InChI is InChI=1S/C22H32N4O3/c1-22(27,16-26(2)3)15-24-21(23-12-10-17-7-6-13-28-17)25-19-11-14-29-20-9-5-4-8-18(19)20/h4-9,13,19,27H,10-12,14-16H2,1-3H3,(H2,23,24,25). The Hall–Kier alpha value is -2.51. The van der Waals surface area contributed by atoms with Crippen molar-refractivity contribution in [1.82, 2.24) is 15.5 Å². The molecule has 0 radical (unpaired) electrons. The van der Waals surface area contributed by atoms with Crippen molar-refractivity contribution in [1.29, 1.82) is 0 Å². The van der Waals surface area contributed by atoms with Crippen LogP contribution in [0.25, 0.3) is 0 Å². The molecule has 0 bridgehead atoms. The highest BCUT2D eigenvalue weighted by molar-refractivity contribution is 5.80. The van der Waals surface area contributed by atoms with E-state index in [1.807, 2.05) is 49.3 Å². The lowest BCUT2D eigenvalue weighted by Gasteiger charge is -2.29. The Morgan fingerprint density at radius 1 is 1.28 bits per heavy atom. The van der Waals surface area contributed by atoms with Gasteiger partial charge in [-0.1, -0.05) is 18.2 Å². The van der Waals surface area contributed by atoms with Crippen molar-refractivity contribution >= 4 is 5.96 Å². The molecule has 2 aromatic rings. The summed E-state index contributed by atoms with van der Waals surface area (Å²) in [4.78, 5) is 6.64. The minimum absolute atomic E-state index is 0.105. The quantitative estimate of drug-likeness (QED) is 0.466. The second-order valence-corrected chi connectivity index (χ2v) is 8.03. The zero-order valence-corrected chi connectivity index (χ0v) is 17.5. The van der Waals surface area contributed by atoms with Crippen LogP contribution in [0.15, 0.2) is 52.1 Å². The number of guanidine groups is 1. The van der Waals surface area contributed by atoms with Gasteiger partial charge in [-0.2, -0.15) is 0 Å². The van der Waals surface area contributed by atoms with Gasteiger partial charge in [0.2, 0.25) is 0 Å². The van der Waals surface area contributed by atoms with Crippen LogP contribution >= 0.6 is 0 Å². The van der Waals surface area contributed by atoms with E-state index < -0.39 is 5.60 Å². The highest BCUT2D eigenvalue weighted by atomic mass is 16.5. The lowest BCUT2D eigenvalue weighted by Crippen LogP contribution is -2.44. The number of likely N-dealkylation sites (N-methyl/N-ethyl adjacent to an activating group) is 1. The van der Waals surface area contributed by atoms with Gasteiger partial charge < -0.3 is 29.8 Å². The van der Waals surface area contributed by atoms with Crippen LogP contribution in [0.1, 0.15) is 30.7 Å². The predicted octanol–water partition coefficient (Wildman–Crippen LogP) is 2.19. The van der Waals surface area contributed by atoms with Crippen LogP contribution in [0.3, 0.4) is 0 Å². The van der Waals surface area contributed by atoms with Crippen LogP contribution < -0.4 is 15.4 Å². The second-order valence-electron chi connectivity index (χ2n) is 8.03. The van der Waals surface area contributed by atoms with E-state index in [9.17, 15) is 5.11 Å². The lowest BCUT2D eigenvalue weighted by atomic mass is 10.0. The fourth-order valence-electron chi connectivity index (χ4n) is 3.55. The number of hydrogen-bond acceptors (Lipinski definition) is 5. The SMILES string of the molecule is CN(C)CC(C)(O)CN=C(NCCc1ccco1)NC1CCOc2ccccc21. The molecule has 158 valence electrons. The van der Waals surface area contributed by atoms with Gasteiger partial charge in [-0.15, -0.1) is 0 Å². The van der Waals surface area contributed by atoms with Gasteiger partial charge in [0.15, 0.2) is 5.96 Å². The number of hydrogen-bond donors (Lipinski definition) is 3. The number of rotatable bonds is 8. The molecule has 29 heavy (non-hydrogen) atoms. The fourth-order valence-corrected chi connectivity index (χ4v) is 3.55. The number of nitrogens with one attached hydrogen (secondary N) is 2. The molecule has 7 nitrogen and oxygen atoms in total. The maximum absolute atomic E-state index is 10.6. The molecule has 1 aliphatic rings. The van der Waals surface area contributed by atoms with E-state index in [0.29, 0.717) is 32.2 Å². The largest absolute Gasteiger partial charge is 0.493 e. The molecule has 0 saturated heterocycles. The van der Waals surface area contributed by atoms with Gasteiger partial charge in [-0.05, 0) is 39.2 Å². The first-order chi connectivity index (χ1) is 13.9. The minimum Gasteiger partial charge on any atom is -0.493 e. The molecular formula is C22H32N4O3. The molecule has 3 N–H and O–H groups in total. The van der Waals surface area contributed by atoms with Gasteiger partial charge in [0.25, 0.3) is 0 Å². The molecule has 1 aliphatic heterocycles. The molecule has 0 aliphatic carbocycles. The molecule has 2 unspecified atom stereocenters. The molecule has 0 fully saturated rings. The van der Waals surface area contributed by atoms with Gasteiger partial charge in [-0.3, -0.25) is 4.99 Å². The summed E-state index contributed by atoms with van der Waals surface area (Å²) in [6, 6.07) is 12.0. The van der Waals surface area contributed by atoms with Gasteiger partial charge in [-0.25, -0.2) is 0 Å².